The van der Waals surface area contributed by atoms with Gasteiger partial charge in [-0.25, -0.2) is 0 Å². The highest BCUT2D eigenvalue weighted by molar-refractivity contribution is 5.92. The third kappa shape index (κ3) is 3.36. The fourth-order valence-electron chi connectivity index (χ4n) is 3.66. The van der Waals surface area contributed by atoms with Gasteiger partial charge in [-0.2, -0.15) is 0 Å². The molecule has 0 radical (unpaired) electrons. The van der Waals surface area contributed by atoms with Gasteiger partial charge in [-0.3, -0.25) is 9.69 Å². The molecule has 1 aromatic rings. The number of hydrogen-bond donors (Lipinski definition) is 1. The fraction of sp³-hybridized carbons (Fsp3) is 0.706. The summed E-state index contributed by atoms with van der Waals surface area (Å²) < 4.78 is 5.44. The number of nitrogens with zero attached hydrogens (tertiary/aromatic N) is 2. The number of amides is 1. The number of carbonyl (C=O) groups excluding carboxylic acids is 1. The number of ether oxygens (including phenoxy) is 1. The van der Waals surface area contributed by atoms with E-state index in [1.807, 2.05) is 24.1 Å². The molecule has 5 heteroatoms. The molecule has 22 heavy (non-hydrogen) atoms. The maximum absolute atomic E-state index is 12.5. The summed E-state index contributed by atoms with van der Waals surface area (Å²) in [5.41, 5.74) is 1.83. The van der Waals surface area contributed by atoms with E-state index in [1.165, 1.54) is 0 Å². The summed E-state index contributed by atoms with van der Waals surface area (Å²) in [5.74, 6) is 0.832. The van der Waals surface area contributed by atoms with Gasteiger partial charge in [0.15, 0.2) is 0 Å². The van der Waals surface area contributed by atoms with Gasteiger partial charge >= 0.3 is 0 Å². The summed E-state index contributed by atoms with van der Waals surface area (Å²) in [6.45, 7) is 9.88. The molecule has 0 aromatic carbocycles. The second-order valence-corrected chi connectivity index (χ2v) is 6.61. The Kier molecular flexibility index (Phi) is 4.84. The van der Waals surface area contributed by atoms with E-state index in [4.69, 9.17) is 4.74 Å². The van der Waals surface area contributed by atoms with Gasteiger partial charge < -0.3 is 14.6 Å². The minimum absolute atomic E-state index is 0.144. The van der Waals surface area contributed by atoms with Gasteiger partial charge in [-0.05, 0) is 44.2 Å². The Morgan fingerprint density at radius 1 is 1.27 bits per heavy atom. The molecule has 0 unspecified atom stereocenters. The lowest BCUT2D eigenvalue weighted by Crippen LogP contribution is -2.49. The summed E-state index contributed by atoms with van der Waals surface area (Å²) >= 11 is 0. The van der Waals surface area contributed by atoms with E-state index in [2.05, 4.69) is 16.8 Å². The molecule has 0 saturated carbocycles. The molecule has 2 aliphatic heterocycles. The molecule has 122 valence electrons. The zero-order chi connectivity index (χ0) is 15.5. The summed E-state index contributed by atoms with van der Waals surface area (Å²) in [5, 5.41) is 0. The van der Waals surface area contributed by atoms with Crippen LogP contribution in [-0.2, 0) is 4.74 Å². The van der Waals surface area contributed by atoms with Crippen molar-refractivity contribution in [2.24, 2.45) is 5.92 Å². The Labute approximate surface area is 132 Å². The van der Waals surface area contributed by atoms with Crippen molar-refractivity contribution in [1.29, 1.82) is 0 Å². The average Bonchev–Trinajstić information content (AvgIpc) is 3.01. The van der Waals surface area contributed by atoms with Crippen molar-refractivity contribution in [3.05, 3.63) is 23.5 Å². The molecule has 0 bridgehead atoms. The molecule has 0 aliphatic carbocycles. The van der Waals surface area contributed by atoms with E-state index < -0.39 is 0 Å². The van der Waals surface area contributed by atoms with E-state index >= 15 is 0 Å². The molecule has 1 N–H and O–H groups in total. The smallest absolute Gasteiger partial charge is 0.270 e. The summed E-state index contributed by atoms with van der Waals surface area (Å²) in [6.07, 6.45) is 4.09. The minimum atomic E-state index is 0.144. The number of rotatable bonds is 3. The van der Waals surface area contributed by atoms with E-state index in [-0.39, 0.29) is 5.91 Å². The number of aryl methyl sites for hydroxylation is 1. The zero-order valence-electron chi connectivity index (χ0n) is 13.7. The van der Waals surface area contributed by atoms with E-state index in [1.54, 1.807) is 0 Å². The molecular weight excluding hydrogens is 278 g/mol. The molecule has 1 amide bonds. The van der Waals surface area contributed by atoms with Gasteiger partial charge in [0, 0.05) is 38.4 Å². The first-order valence-corrected chi connectivity index (χ1v) is 8.41. The molecule has 3 heterocycles. The summed E-state index contributed by atoms with van der Waals surface area (Å²) in [4.78, 5) is 20.1. The Morgan fingerprint density at radius 3 is 2.55 bits per heavy atom. The van der Waals surface area contributed by atoms with Crippen LogP contribution >= 0.6 is 0 Å². The molecule has 1 atom stereocenters. The third-order valence-electron chi connectivity index (χ3n) is 5.19. The van der Waals surface area contributed by atoms with Crippen LogP contribution in [-0.4, -0.2) is 66.1 Å². The number of likely N-dealkylation sites (tertiary alicyclic amines) is 1. The van der Waals surface area contributed by atoms with Crippen LogP contribution in [0.5, 0.6) is 0 Å². The number of piperidine rings is 1. The second-order valence-electron chi connectivity index (χ2n) is 6.61. The standard InChI is InChI=1S/C17H27N3O2/c1-13-11-16(18-12-13)17(21)20-5-3-15(4-6-20)14(2)19-7-9-22-10-8-19/h11-12,14-15,18H,3-10H2,1-2H3/t14-/m0/s1. The van der Waals surface area contributed by atoms with E-state index in [0.29, 0.717) is 12.0 Å². The Morgan fingerprint density at radius 2 is 1.95 bits per heavy atom. The lowest BCUT2D eigenvalue weighted by atomic mass is 9.89. The Hall–Kier alpha value is -1.33. The van der Waals surface area contributed by atoms with Crippen molar-refractivity contribution >= 4 is 5.91 Å². The quantitative estimate of drug-likeness (QED) is 0.928. The maximum Gasteiger partial charge on any atom is 0.270 e. The van der Waals surface area contributed by atoms with E-state index in [9.17, 15) is 4.79 Å². The highest BCUT2D eigenvalue weighted by Crippen LogP contribution is 2.25. The van der Waals surface area contributed by atoms with Crippen LogP contribution < -0.4 is 0 Å². The minimum Gasteiger partial charge on any atom is -0.379 e. The third-order valence-corrected chi connectivity index (χ3v) is 5.19. The largest absolute Gasteiger partial charge is 0.379 e. The van der Waals surface area contributed by atoms with E-state index in [0.717, 1.165) is 63.5 Å². The molecule has 2 aliphatic rings. The summed E-state index contributed by atoms with van der Waals surface area (Å²) in [6, 6.07) is 2.53. The van der Waals surface area contributed by atoms with Crippen LogP contribution in [0, 0.1) is 12.8 Å². The molecule has 1 aromatic heterocycles. The van der Waals surface area contributed by atoms with Crippen LogP contribution in [0.1, 0.15) is 35.8 Å². The number of aromatic nitrogens is 1. The molecule has 0 spiro atoms. The van der Waals surface area contributed by atoms with Crippen LogP contribution in [0.3, 0.4) is 0 Å². The van der Waals surface area contributed by atoms with Gasteiger partial charge in [-0.15, -0.1) is 0 Å². The highest BCUT2D eigenvalue weighted by Gasteiger charge is 2.30. The Bertz CT molecular complexity index is 500. The van der Waals surface area contributed by atoms with Crippen LogP contribution in [0.4, 0.5) is 0 Å². The number of nitrogens with one attached hydrogen (secondary N) is 1. The SMILES string of the molecule is Cc1c[nH]c(C(=O)N2CCC([C@H](C)N3CCOCC3)CC2)c1. The normalized spacial score (nSPS) is 22.7. The van der Waals surface area contributed by atoms with Crippen LogP contribution in [0.25, 0.3) is 0 Å². The number of aromatic amines is 1. The van der Waals surface area contributed by atoms with Crippen molar-refractivity contribution in [2.75, 3.05) is 39.4 Å². The molecule has 3 rings (SSSR count). The van der Waals surface area contributed by atoms with Gasteiger partial charge in [0.05, 0.1) is 13.2 Å². The number of carbonyl (C=O) groups is 1. The molecule has 5 nitrogen and oxygen atoms in total. The lowest BCUT2D eigenvalue weighted by molar-refractivity contribution is -0.000982. The molecular formula is C17H27N3O2. The predicted octanol–water partition coefficient (Wildman–Crippen LogP) is 1.90. The maximum atomic E-state index is 12.5. The van der Waals surface area contributed by atoms with Crippen molar-refractivity contribution in [3.63, 3.8) is 0 Å². The lowest BCUT2D eigenvalue weighted by Gasteiger charge is -2.40. The molecule has 2 fully saturated rings. The first-order valence-electron chi connectivity index (χ1n) is 8.41. The number of morpholine rings is 1. The van der Waals surface area contributed by atoms with Crippen molar-refractivity contribution < 1.29 is 9.53 Å². The fourth-order valence-corrected chi connectivity index (χ4v) is 3.66. The number of H-pyrrole nitrogens is 1. The average molecular weight is 305 g/mol. The van der Waals surface area contributed by atoms with Gasteiger partial charge in [-0.1, -0.05) is 0 Å². The second kappa shape index (κ2) is 6.84. The van der Waals surface area contributed by atoms with Gasteiger partial charge in [0.25, 0.3) is 5.91 Å². The van der Waals surface area contributed by atoms with Gasteiger partial charge in [0.2, 0.25) is 0 Å². The van der Waals surface area contributed by atoms with Crippen LogP contribution in [0.2, 0.25) is 0 Å². The van der Waals surface area contributed by atoms with Crippen molar-refractivity contribution in [3.8, 4) is 0 Å². The van der Waals surface area contributed by atoms with Crippen molar-refractivity contribution in [2.45, 2.75) is 32.7 Å². The Balaban J connectivity index is 1.52. The monoisotopic (exact) mass is 305 g/mol. The predicted molar refractivity (Wildman–Crippen MR) is 86.0 cm³/mol. The molecule has 2 saturated heterocycles. The van der Waals surface area contributed by atoms with Gasteiger partial charge in [0.1, 0.15) is 5.69 Å². The topological polar surface area (TPSA) is 48.6 Å². The first-order chi connectivity index (χ1) is 10.6. The van der Waals surface area contributed by atoms with Crippen LogP contribution in [0.15, 0.2) is 12.3 Å². The zero-order valence-corrected chi connectivity index (χ0v) is 13.7. The summed E-state index contributed by atoms with van der Waals surface area (Å²) in [7, 11) is 0. The highest BCUT2D eigenvalue weighted by atomic mass is 16.5. The van der Waals surface area contributed by atoms with Crippen molar-refractivity contribution in [1.82, 2.24) is 14.8 Å². The number of hydrogen-bond acceptors (Lipinski definition) is 3. The first kappa shape index (κ1) is 15.6.